The lowest BCUT2D eigenvalue weighted by Crippen LogP contribution is -2.48. The molecule has 0 aromatic heterocycles. The minimum absolute atomic E-state index is 0.0195. The second kappa shape index (κ2) is 6.40. The van der Waals surface area contributed by atoms with Gasteiger partial charge in [-0.05, 0) is 18.1 Å². The third-order valence-corrected chi connectivity index (χ3v) is 3.25. The molecule has 2 amide bonds. The largest absolute Gasteiger partial charge is 0.368 e. The molecule has 0 aliphatic carbocycles. The summed E-state index contributed by atoms with van der Waals surface area (Å²) in [6.45, 7) is 3.80. The van der Waals surface area contributed by atoms with Crippen molar-refractivity contribution >= 4 is 23.4 Å². The van der Waals surface area contributed by atoms with Crippen LogP contribution < -0.4 is 11.1 Å². The van der Waals surface area contributed by atoms with E-state index in [2.05, 4.69) is 5.32 Å². The Labute approximate surface area is 112 Å². The van der Waals surface area contributed by atoms with Gasteiger partial charge >= 0.3 is 0 Å². The Morgan fingerprint density at radius 1 is 1.39 bits per heavy atom. The summed E-state index contributed by atoms with van der Waals surface area (Å²) >= 11 is 5.92. The highest BCUT2D eigenvalue weighted by Crippen LogP contribution is 2.16. The first-order valence-electron chi connectivity index (χ1n) is 5.82. The predicted octanol–water partition coefficient (Wildman–Crippen LogP) is 1.97. The topological polar surface area (TPSA) is 72.2 Å². The molecule has 0 saturated heterocycles. The zero-order chi connectivity index (χ0) is 13.7. The highest BCUT2D eigenvalue weighted by Gasteiger charge is 2.24. The van der Waals surface area contributed by atoms with Crippen molar-refractivity contribution in [2.45, 2.75) is 26.3 Å². The molecule has 0 bridgehead atoms. The number of primary amides is 1. The number of amides is 2. The average molecular weight is 269 g/mol. The van der Waals surface area contributed by atoms with E-state index in [4.69, 9.17) is 17.3 Å². The Morgan fingerprint density at radius 3 is 2.50 bits per heavy atom. The lowest BCUT2D eigenvalue weighted by molar-refractivity contribution is -0.120. The van der Waals surface area contributed by atoms with Gasteiger partial charge in [0.25, 0.3) is 5.91 Å². The quantitative estimate of drug-likeness (QED) is 0.857. The Bertz CT molecular complexity index is 448. The van der Waals surface area contributed by atoms with Gasteiger partial charge in [-0.2, -0.15) is 0 Å². The van der Waals surface area contributed by atoms with Crippen LogP contribution >= 0.6 is 11.6 Å². The molecule has 0 unspecified atom stereocenters. The molecule has 2 atom stereocenters. The molecular formula is C13H17ClN2O2. The van der Waals surface area contributed by atoms with Gasteiger partial charge in [0.2, 0.25) is 5.91 Å². The zero-order valence-corrected chi connectivity index (χ0v) is 11.2. The Morgan fingerprint density at radius 2 is 2.00 bits per heavy atom. The van der Waals surface area contributed by atoms with E-state index >= 15 is 0 Å². The third kappa shape index (κ3) is 3.47. The maximum atomic E-state index is 12.0. The van der Waals surface area contributed by atoms with Gasteiger partial charge in [-0.15, -0.1) is 0 Å². The fraction of sp³-hybridized carbons (Fsp3) is 0.385. The van der Waals surface area contributed by atoms with Crippen LogP contribution in [0.2, 0.25) is 5.02 Å². The number of nitrogens with one attached hydrogen (secondary N) is 1. The van der Waals surface area contributed by atoms with Gasteiger partial charge in [-0.25, -0.2) is 0 Å². The molecule has 1 aromatic carbocycles. The lowest BCUT2D eigenvalue weighted by atomic mass is 9.98. The SMILES string of the molecule is CC[C@H](C)[C@@H](NC(=O)c1ccccc1Cl)C(N)=O. The number of carbonyl (C=O) groups excluding carboxylic acids is 2. The second-order valence-corrected chi connectivity index (χ2v) is 4.63. The molecule has 4 nitrogen and oxygen atoms in total. The summed E-state index contributed by atoms with van der Waals surface area (Å²) in [5.41, 5.74) is 5.63. The maximum absolute atomic E-state index is 12.0. The third-order valence-electron chi connectivity index (χ3n) is 2.92. The van der Waals surface area contributed by atoms with Gasteiger partial charge < -0.3 is 11.1 Å². The van der Waals surface area contributed by atoms with Crippen molar-refractivity contribution in [2.75, 3.05) is 0 Å². The number of rotatable bonds is 5. The average Bonchev–Trinajstić information content (AvgIpc) is 2.35. The number of halogens is 1. The first-order valence-corrected chi connectivity index (χ1v) is 6.19. The summed E-state index contributed by atoms with van der Waals surface area (Å²) in [5, 5.41) is 2.98. The van der Waals surface area contributed by atoms with Gasteiger partial charge in [0.1, 0.15) is 6.04 Å². The number of hydrogen-bond acceptors (Lipinski definition) is 2. The maximum Gasteiger partial charge on any atom is 0.253 e. The van der Waals surface area contributed by atoms with Crippen molar-refractivity contribution < 1.29 is 9.59 Å². The van der Waals surface area contributed by atoms with Crippen LogP contribution in [0.25, 0.3) is 0 Å². The van der Waals surface area contributed by atoms with E-state index in [0.717, 1.165) is 6.42 Å². The zero-order valence-electron chi connectivity index (χ0n) is 10.4. The molecule has 0 aliphatic heterocycles. The van der Waals surface area contributed by atoms with E-state index in [1.807, 2.05) is 13.8 Å². The van der Waals surface area contributed by atoms with E-state index in [-0.39, 0.29) is 11.8 Å². The molecule has 0 fully saturated rings. The Hall–Kier alpha value is -1.55. The summed E-state index contributed by atoms with van der Waals surface area (Å²) < 4.78 is 0. The highest BCUT2D eigenvalue weighted by molar-refractivity contribution is 6.33. The molecule has 0 aliphatic rings. The molecule has 5 heteroatoms. The van der Waals surface area contributed by atoms with Gasteiger partial charge in [0.05, 0.1) is 10.6 Å². The van der Waals surface area contributed by atoms with E-state index in [1.54, 1.807) is 24.3 Å². The van der Waals surface area contributed by atoms with Crippen LogP contribution in [-0.2, 0) is 4.79 Å². The van der Waals surface area contributed by atoms with E-state index < -0.39 is 11.9 Å². The first kappa shape index (κ1) is 14.5. The Kier molecular flexibility index (Phi) is 5.16. The fourth-order valence-electron chi connectivity index (χ4n) is 1.59. The van der Waals surface area contributed by atoms with Crippen LogP contribution in [0.4, 0.5) is 0 Å². The van der Waals surface area contributed by atoms with Crippen molar-refractivity contribution in [3.8, 4) is 0 Å². The van der Waals surface area contributed by atoms with Crippen molar-refractivity contribution in [1.82, 2.24) is 5.32 Å². The molecule has 3 N–H and O–H groups in total. The summed E-state index contributed by atoms with van der Waals surface area (Å²) in [5.74, 6) is -0.941. The molecule has 18 heavy (non-hydrogen) atoms. The van der Waals surface area contributed by atoms with Crippen LogP contribution in [0.15, 0.2) is 24.3 Å². The molecule has 1 rings (SSSR count). The van der Waals surface area contributed by atoms with Crippen LogP contribution in [-0.4, -0.2) is 17.9 Å². The summed E-state index contributed by atoms with van der Waals surface area (Å²) in [6, 6.07) is 5.99. The summed E-state index contributed by atoms with van der Waals surface area (Å²) in [4.78, 5) is 23.3. The van der Waals surface area contributed by atoms with E-state index in [1.165, 1.54) is 0 Å². The van der Waals surface area contributed by atoms with Crippen molar-refractivity contribution in [3.63, 3.8) is 0 Å². The first-order chi connectivity index (χ1) is 8.47. The Balaban J connectivity index is 2.86. The predicted molar refractivity (Wildman–Crippen MR) is 71.4 cm³/mol. The normalized spacial score (nSPS) is 13.7. The van der Waals surface area contributed by atoms with Crippen LogP contribution in [0.1, 0.15) is 30.6 Å². The molecule has 0 spiro atoms. The van der Waals surface area contributed by atoms with Crippen molar-refractivity contribution in [3.05, 3.63) is 34.9 Å². The number of carbonyl (C=O) groups is 2. The minimum Gasteiger partial charge on any atom is -0.368 e. The van der Waals surface area contributed by atoms with Gasteiger partial charge in [0.15, 0.2) is 0 Å². The molecule has 0 saturated carbocycles. The smallest absolute Gasteiger partial charge is 0.253 e. The van der Waals surface area contributed by atoms with Gasteiger partial charge in [-0.1, -0.05) is 44.0 Å². The molecular weight excluding hydrogens is 252 g/mol. The molecule has 0 radical (unpaired) electrons. The van der Waals surface area contributed by atoms with Crippen molar-refractivity contribution in [2.24, 2.45) is 11.7 Å². The highest BCUT2D eigenvalue weighted by atomic mass is 35.5. The number of nitrogens with two attached hydrogens (primary N) is 1. The second-order valence-electron chi connectivity index (χ2n) is 4.22. The molecule has 1 aromatic rings. The number of hydrogen-bond donors (Lipinski definition) is 2. The van der Waals surface area contributed by atoms with E-state index in [0.29, 0.717) is 10.6 Å². The molecule has 0 heterocycles. The monoisotopic (exact) mass is 268 g/mol. The summed E-state index contributed by atoms with van der Waals surface area (Å²) in [7, 11) is 0. The minimum atomic E-state index is -0.682. The standard InChI is InChI=1S/C13H17ClN2O2/c1-3-8(2)11(12(15)17)16-13(18)9-6-4-5-7-10(9)14/h4-8,11H,3H2,1-2H3,(H2,15,17)(H,16,18)/t8-,11+/m0/s1. The van der Waals surface area contributed by atoms with Gasteiger partial charge in [-0.3, -0.25) is 9.59 Å². The van der Waals surface area contributed by atoms with Gasteiger partial charge in [0, 0.05) is 0 Å². The van der Waals surface area contributed by atoms with Crippen molar-refractivity contribution in [1.29, 1.82) is 0 Å². The lowest BCUT2D eigenvalue weighted by Gasteiger charge is -2.21. The fourth-order valence-corrected chi connectivity index (χ4v) is 1.82. The number of benzene rings is 1. The molecule has 98 valence electrons. The summed E-state index contributed by atoms with van der Waals surface area (Å²) in [6.07, 6.45) is 0.746. The van der Waals surface area contributed by atoms with Crippen LogP contribution in [0.5, 0.6) is 0 Å². The van der Waals surface area contributed by atoms with Crippen LogP contribution in [0.3, 0.4) is 0 Å². The van der Waals surface area contributed by atoms with E-state index in [9.17, 15) is 9.59 Å². The van der Waals surface area contributed by atoms with Crippen LogP contribution in [0, 0.1) is 5.92 Å².